The summed E-state index contributed by atoms with van der Waals surface area (Å²) in [4.78, 5) is 39.0. The molecule has 0 N–H and O–H groups in total. The molecule has 9 heteroatoms. The highest BCUT2D eigenvalue weighted by atomic mass is 16.7. The van der Waals surface area contributed by atoms with Crippen molar-refractivity contribution in [1.82, 2.24) is 9.80 Å². The van der Waals surface area contributed by atoms with Gasteiger partial charge in [-0.3, -0.25) is 19.6 Å². The van der Waals surface area contributed by atoms with Crippen LogP contribution >= 0.6 is 0 Å². The smallest absolute Gasteiger partial charge is 0.257 e. The summed E-state index contributed by atoms with van der Waals surface area (Å²) >= 11 is 0. The SMILES string of the molecule is C=C1C[C@H]2C=Nc3cc(OCOc4cc5c(cc4OC)C(=O)N4CC(=C)C[C@H]4C=N5)c(C)cc3C(=O)N2C1. The Hall–Kier alpha value is -4.40. The molecule has 38 heavy (non-hydrogen) atoms. The van der Waals surface area contributed by atoms with E-state index in [0.717, 1.165) is 23.1 Å². The second-order valence-electron chi connectivity index (χ2n) is 10.0. The third-order valence-electron chi connectivity index (χ3n) is 7.34. The molecular formula is C29H28N4O5. The van der Waals surface area contributed by atoms with E-state index in [1.165, 1.54) is 7.11 Å². The summed E-state index contributed by atoms with van der Waals surface area (Å²) < 4.78 is 17.4. The molecule has 0 bridgehead atoms. The molecule has 0 spiro atoms. The number of rotatable bonds is 5. The molecule has 0 aliphatic carbocycles. The highest BCUT2D eigenvalue weighted by Gasteiger charge is 2.35. The van der Waals surface area contributed by atoms with Crippen molar-refractivity contribution in [1.29, 1.82) is 0 Å². The lowest BCUT2D eigenvalue weighted by Crippen LogP contribution is -2.35. The van der Waals surface area contributed by atoms with Crippen molar-refractivity contribution in [3.05, 3.63) is 65.3 Å². The maximum Gasteiger partial charge on any atom is 0.257 e. The molecule has 4 aliphatic rings. The van der Waals surface area contributed by atoms with E-state index in [0.29, 0.717) is 59.3 Å². The monoisotopic (exact) mass is 512 g/mol. The summed E-state index contributed by atoms with van der Waals surface area (Å²) in [5.74, 6) is 1.21. The fraction of sp³-hybridized carbons (Fsp3) is 0.310. The number of hydrogen-bond acceptors (Lipinski definition) is 7. The van der Waals surface area contributed by atoms with Crippen LogP contribution in [0.15, 0.2) is 58.6 Å². The maximum absolute atomic E-state index is 13.2. The third kappa shape index (κ3) is 4.04. The van der Waals surface area contributed by atoms with E-state index in [9.17, 15) is 9.59 Å². The fourth-order valence-corrected chi connectivity index (χ4v) is 5.38. The van der Waals surface area contributed by atoms with Crippen LogP contribution in [0.2, 0.25) is 0 Å². The normalized spacial score (nSPS) is 21.5. The first-order valence-corrected chi connectivity index (χ1v) is 12.5. The number of amides is 2. The van der Waals surface area contributed by atoms with Gasteiger partial charge in [0.2, 0.25) is 6.79 Å². The van der Waals surface area contributed by atoms with Crippen molar-refractivity contribution < 1.29 is 23.8 Å². The summed E-state index contributed by atoms with van der Waals surface area (Å²) in [6.45, 7) is 10.9. The predicted molar refractivity (Wildman–Crippen MR) is 144 cm³/mol. The molecule has 9 nitrogen and oxygen atoms in total. The molecule has 2 fully saturated rings. The second-order valence-corrected chi connectivity index (χ2v) is 10.0. The quantitative estimate of drug-likeness (QED) is 0.438. The number of carbonyl (C=O) groups excluding carboxylic acids is 2. The van der Waals surface area contributed by atoms with Gasteiger partial charge < -0.3 is 24.0 Å². The van der Waals surface area contributed by atoms with Gasteiger partial charge in [-0.05, 0) is 37.5 Å². The van der Waals surface area contributed by atoms with Gasteiger partial charge in [-0.15, -0.1) is 0 Å². The number of benzene rings is 2. The van der Waals surface area contributed by atoms with Gasteiger partial charge in [-0.2, -0.15) is 0 Å². The topological polar surface area (TPSA) is 93.0 Å². The summed E-state index contributed by atoms with van der Waals surface area (Å²) in [5.41, 5.74) is 4.91. The van der Waals surface area contributed by atoms with Crippen LogP contribution in [-0.2, 0) is 0 Å². The number of hydrogen-bond donors (Lipinski definition) is 0. The lowest BCUT2D eigenvalue weighted by atomic mass is 10.1. The predicted octanol–water partition coefficient (Wildman–Crippen LogP) is 4.39. The fourth-order valence-electron chi connectivity index (χ4n) is 5.38. The minimum Gasteiger partial charge on any atom is -0.493 e. The van der Waals surface area contributed by atoms with Crippen molar-refractivity contribution in [2.75, 3.05) is 27.0 Å². The summed E-state index contributed by atoms with van der Waals surface area (Å²) in [6, 6.07) is 6.75. The first-order chi connectivity index (χ1) is 18.3. The van der Waals surface area contributed by atoms with Gasteiger partial charge in [0.25, 0.3) is 11.8 Å². The van der Waals surface area contributed by atoms with Gasteiger partial charge in [0.15, 0.2) is 11.5 Å². The lowest BCUT2D eigenvalue weighted by Gasteiger charge is -2.20. The van der Waals surface area contributed by atoms with Crippen molar-refractivity contribution in [3.8, 4) is 17.2 Å². The van der Waals surface area contributed by atoms with Gasteiger partial charge in [-0.25, -0.2) is 0 Å². The van der Waals surface area contributed by atoms with Gasteiger partial charge in [0.05, 0.1) is 41.7 Å². The Morgan fingerprint density at radius 2 is 1.34 bits per heavy atom. The number of aryl methyl sites for hydroxylation is 1. The lowest BCUT2D eigenvalue weighted by molar-refractivity contribution is 0.0770. The largest absolute Gasteiger partial charge is 0.493 e. The molecule has 2 atom stereocenters. The maximum atomic E-state index is 13.2. The molecule has 2 aromatic carbocycles. The Labute approximate surface area is 220 Å². The van der Waals surface area contributed by atoms with Gasteiger partial charge in [-0.1, -0.05) is 24.3 Å². The molecule has 6 rings (SSSR count). The Bertz CT molecular complexity index is 1460. The molecule has 4 aliphatic heterocycles. The molecule has 2 saturated heterocycles. The van der Waals surface area contributed by atoms with Gasteiger partial charge in [0.1, 0.15) is 5.75 Å². The first-order valence-electron chi connectivity index (χ1n) is 12.5. The van der Waals surface area contributed by atoms with E-state index in [4.69, 9.17) is 14.2 Å². The van der Waals surface area contributed by atoms with Crippen molar-refractivity contribution in [3.63, 3.8) is 0 Å². The molecular weight excluding hydrogens is 484 g/mol. The summed E-state index contributed by atoms with van der Waals surface area (Å²) in [6.07, 6.45) is 5.03. The minimum absolute atomic E-state index is 0.0540. The summed E-state index contributed by atoms with van der Waals surface area (Å²) in [7, 11) is 1.52. The highest BCUT2D eigenvalue weighted by Crippen LogP contribution is 2.39. The third-order valence-corrected chi connectivity index (χ3v) is 7.34. The van der Waals surface area contributed by atoms with Crippen molar-refractivity contribution in [2.45, 2.75) is 31.8 Å². The number of ether oxygens (including phenoxy) is 3. The molecule has 2 aromatic rings. The highest BCUT2D eigenvalue weighted by molar-refractivity contribution is 6.04. The summed E-state index contributed by atoms with van der Waals surface area (Å²) in [5, 5.41) is 0. The number of nitrogens with zero attached hydrogens (tertiary/aromatic N) is 4. The molecule has 4 heterocycles. The zero-order chi connectivity index (χ0) is 26.6. The van der Waals surface area contributed by atoms with E-state index in [1.807, 2.05) is 6.92 Å². The van der Waals surface area contributed by atoms with Gasteiger partial charge in [0, 0.05) is 37.7 Å². The van der Waals surface area contributed by atoms with Crippen LogP contribution < -0.4 is 14.2 Å². The molecule has 194 valence electrons. The number of fused-ring (bicyclic) bond motifs is 4. The zero-order valence-electron chi connectivity index (χ0n) is 21.4. The first kappa shape index (κ1) is 24.0. The average Bonchev–Trinajstić information content (AvgIpc) is 3.41. The van der Waals surface area contributed by atoms with E-state index in [-0.39, 0.29) is 30.7 Å². The minimum atomic E-state index is -0.118. The van der Waals surface area contributed by atoms with Crippen LogP contribution in [0.3, 0.4) is 0 Å². The zero-order valence-corrected chi connectivity index (χ0v) is 21.4. The van der Waals surface area contributed by atoms with Gasteiger partial charge >= 0.3 is 0 Å². The van der Waals surface area contributed by atoms with Crippen molar-refractivity contribution in [2.24, 2.45) is 9.98 Å². The van der Waals surface area contributed by atoms with Crippen LogP contribution in [0.4, 0.5) is 11.4 Å². The Balaban J connectivity index is 1.21. The van der Waals surface area contributed by atoms with Crippen LogP contribution in [0, 0.1) is 6.92 Å². The van der Waals surface area contributed by atoms with Crippen LogP contribution in [0.1, 0.15) is 39.1 Å². The van der Waals surface area contributed by atoms with Crippen LogP contribution in [-0.4, -0.2) is 73.1 Å². The standard InChI is InChI=1S/C29H28N4O5/c1-16-5-19-11-30-23-9-25(18(3)7-21(23)28(34)32(19)13-16)37-15-38-27-10-24-22(8-26(27)36-4)29(35)33-14-17(2)6-20(33)12-31-24/h7-12,19-20H,1-2,5-6,13-15H2,3-4H3/t19-,20-/m0/s1. The Morgan fingerprint density at radius 1 is 0.816 bits per heavy atom. The molecule has 0 aromatic heterocycles. The Morgan fingerprint density at radius 3 is 1.92 bits per heavy atom. The van der Waals surface area contributed by atoms with Crippen LogP contribution in [0.5, 0.6) is 17.2 Å². The van der Waals surface area contributed by atoms with E-state index in [1.54, 1.807) is 46.5 Å². The molecule has 0 saturated carbocycles. The Kier molecular flexibility index (Phi) is 5.78. The molecule has 0 unspecified atom stereocenters. The van der Waals surface area contributed by atoms with E-state index < -0.39 is 0 Å². The van der Waals surface area contributed by atoms with E-state index >= 15 is 0 Å². The molecule has 2 amide bonds. The number of methoxy groups -OCH3 is 1. The average molecular weight is 513 g/mol. The van der Waals surface area contributed by atoms with Crippen molar-refractivity contribution >= 4 is 35.6 Å². The molecule has 0 radical (unpaired) electrons. The number of carbonyl (C=O) groups is 2. The van der Waals surface area contributed by atoms with Crippen LogP contribution in [0.25, 0.3) is 0 Å². The number of aliphatic imine (C=N–C) groups is 2. The second kappa shape index (κ2) is 9.16. The van der Waals surface area contributed by atoms with E-state index in [2.05, 4.69) is 23.1 Å².